The topological polar surface area (TPSA) is 66.9 Å². The van der Waals surface area contributed by atoms with Gasteiger partial charge in [0.05, 0.1) is 24.3 Å². The predicted molar refractivity (Wildman–Crippen MR) is 78.8 cm³/mol. The Labute approximate surface area is 125 Å². The molecular formula is C16H25NO4. The lowest BCUT2D eigenvalue weighted by Crippen LogP contribution is -2.53. The Bertz CT molecular complexity index is 479. The lowest BCUT2D eigenvalue weighted by atomic mass is 9.68. The van der Waals surface area contributed by atoms with E-state index in [0.717, 1.165) is 25.9 Å². The van der Waals surface area contributed by atoms with Crippen LogP contribution in [0.2, 0.25) is 0 Å². The monoisotopic (exact) mass is 295 g/mol. The zero-order valence-electron chi connectivity index (χ0n) is 13.3. The Balaban J connectivity index is 1.83. The first-order valence-corrected chi connectivity index (χ1v) is 7.65. The second kappa shape index (κ2) is 5.07. The third-order valence-corrected chi connectivity index (χ3v) is 5.24. The highest BCUT2D eigenvalue weighted by Gasteiger charge is 2.71. The summed E-state index contributed by atoms with van der Waals surface area (Å²) in [5.41, 5.74) is 1.60. The van der Waals surface area contributed by atoms with Crippen LogP contribution in [0.25, 0.3) is 0 Å². The fraction of sp³-hybridized carbons (Fsp3) is 0.812. The summed E-state index contributed by atoms with van der Waals surface area (Å²) < 4.78 is 17.5. The largest absolute Gasteiger partial charge is 0.411 e. The van der Waals surface area contributed by atoms with Crippen LogP contribution in [-0.4, -0.2) is 48.0 Å². The van der Waals surface area contributed by atoms with Crippen molar-refractivity contribution in [3.05, 3.63) is 11.6 Å². The molecule has 118 valence electrons. The van der Waals surface area contributed by atoms with Gasteiger partial charge in [0.2, 0.25) is 0 Å². The fourth-order valence-corrected chi connectivity index (χ4v) is 3.90. The summed E-state index contributed by atoms with van der Waals surface area (Å²) in [5.74, 6) is 0.0882. The predicted octanol–water partition coefficient (Wildman–Crippen LogP) is 2.52. The van der Waals surface area contributed by atoms with Gasteiger partial charge in [0.25, 0.3) is 0 Å². The number of rotatable bonds is 4. The molecule has 0 aromatic carbocycles. The average Bonchev–Trinajstić information content (AvgIpc) is 3.35. The van der Waals surface area contributed by atoms with Crippen molar-refractivity contribution in [2.24, 2.45) is 11.1 Å². The molecule has 1 spiro atoms. The minimum absolute atomic E-state index is 0.0882. The maximum atomic E-state index is 9.25. The minimum atomic E-state index is -0.264. The van der Waals surface area contributed by atoms with E-state index in [1.807, 2.05) is 0 Å². The number of hydrogen-bond acceptors (Lipinski definition) is 5. The van der Waals surface area contributed by atoms with Crippen molar-refractivity contribution in [2.75, 3.05) is 13.7 Å². The Morgan fingerprint density at radius 2 is 2.24 bits per heavy atom. The molecule has 3 aliphatic rings. The van der Waals surface area contributed by atoms with Crippen molar-refractivity contribution in [3.8, 4) is 0 Å². The van der Waals surface area contributed by atoms with Gasteiger partial charge in [-0.25, -0.2) is 0 Å². The zero-order valence-corrected chi connectivity index (χ0v) is 13.3. The smallest absolute Gasteiger partial charge is 0.107 e. The van der Waals surface area contributed by atoms with Gasteiger partial charge < -0.3 is 19.4 Å². The summed E-state index contributed by atoms with van der Waals surface area (Å²) >= 11 is 0. The molecule has 2 heterocycles. The molecule has 21 heavy (non-hydrogen) atoms. The number of ether oxygens (including phenoxy) is 3. The molecule has 3 rings (SSSR count). The van der Waals surface area contributed by atoms with E-state index in [9.17, 15) is 5.21 Å². The maximum absolute atomic E-state index is 9.25. The van der Waals surface area contributed by atoms with Crippen LogP contribution in [0, 0.1) is 5.92 Å². The van der Waals surface area contributed by atoms with Crippen LogP contribution in [0.3, 0.4) is 0 Å². The molecule has 1 aliphatic carbocycles. The van der Waals surface area contributed by atoms with E-state index in [1.54, 1.807) is 7.11 Å². The van der Waals surface area contributed by atoms with Gasteiger partial charge in [-0.05, 0) is 40.0 Å². The van der Waals surface area contributed by atoms with Gasteiger partial charge in [-0.15, -0.1) is 0 Å². The van der Waals surface area contributed by atoms with Crippen LogP contribution < -0.4 is 0 Å². The average molecular weight is 295 g/mol. The van der Waals surface area contributed by atoms with E-state index in [2.05, 4.69) is 32.0 Å². The lowest BCUT2D eigenvalue weighted by Gasteiger charge is -2.38. The molecule has 3 fully saturated rings. The number of methoxy groups -OCH3 is 1. The third-order valence-electron chi connectivity index (χ3n) is 5.24. The lowest BCUT2D eigenvalue weighted by molar-refractivity contribution is 0.000140. The van der Waals surface area contributed by atoms with Crippen LogP contribution in [0.4, 0.5) is 0 Å². The molecule has 5 nitrogen and oxygen atoms in total. The van der Waals surface area contributed by atoms with Gasteiger partial charge in [-0.1, -0.05) is 16.8 Å². The summed E-state index contributed by atoms with van der Waals surface area (Å²) in [6, 6.07) is 0. The molecule has 0 aromatic heterocycles. The molecule has 3 unspecified atom stereocenters. The standard InChI is InChI=1S/C16H25NO4/c1-10(2)5-6-12-15(3,21-12)14-13(19-4)11(17-18)7-8-16(14)9-20-16/h5,12-14,18H,6-9H2,1-4H3/t12?,13?,14?,15-,16-/m0/s1. The van der Waals surface area contributed by atoms with Crippen LogP contribution in [0.5, 0.6) is 0 Å². The molecule has 5 atom stereocenters. The highest BCUT2D eigenvalue weighted by Crippen LogP contribution is 2.58. The summed E-state index contributed by atoms with van der Waals surface area (Å²) in [5, 5.41) is 12.7. The van der Waals surface area contributed by atoms with Crippen molar-refractivity contribution < 1.29 is 19.4 Å². The Morgan fingerprint density at radius 1 is 1.52 bits per heavy atom. The second-order valence-electron chi connectivity index (χ2n) is 6.89. The first kappa shape index (κ1) is 15.0. The highest BCUT2D eigenvalue weighted by molar-refractivity contribution is 5.90. The number of hydrogen-bond donors (Lipinski definition) is 1. The molecule has 0 amide bonds. The highest BCUT2D eigenvalue weighted by atomic mass is 16.6. The molecule has 2 aliphatic heterocycles. The summed E-state index contributed by atoms with van der Waals surface area (Å²) in [6.45, 7) is 7.09. The van der Waals surface area contributed by atoms with Crippen molar-refractivity contribution in [2.45, 2.75) is 63.4 Å². The van der Waals surface area contributed by atoms with Crippen LogP contribution in [-0.2, 0) is 14.2 Å². The molecule has 5 heteroatoms. The van der Waals surface area contributed by atoms with Crippen LogP contribution >= 0.6 is 0 Å². The molecule has 1 saturated carbocycles. The van der Waals surface area contributed by atoms with Gasteiger partial charge in [0, 0.05) is 7.11 Å². The zero-order chi connectivity index (χ0) is 15.3. The number of nitrogens with zero attached hydrogens (tertiary/aromatic N) is 1. The quantitative estimate of drug-likeness (QED) is 0.374. The van der Waals surface area contributed by atoms with Crippen LogP contribution in [0.15, 0.2) is 16.8 Å². The molecule has 0 radical (unpaired) electrons. The van der Waals surface area contributed by atoms with E-state index in [4.69, 9.17) is 14.2 Å². The number of allylic oxidation sites excluding steroid dienone is 1. The number of epoxide rings is 2. The van der Waals surface area contributed by atoms with Gasteiger partial charge in [0.1, 0.15) is 17.3 Å². The second-order valence-corrected chi connectivity index (χ2v) is 6.89. The van der Waals surface area contributed by atoms with Crippen molar-refractivity contribution >= 4 is 5.71 Å². The van der Waals surface area contributed by atoms with Gasteiger partial charge in [-0.3, -0.25) is 0 Å². The van der Waals surface area contributed by atoms with Crippen molar-refractivity contribution in [1.29, 1.82) is 0 Å². The van der Waals surface area contributed by atoms with Gasteiger partial charge in [-0.2, -0.15) is 0 Å². The van der Waals surface area contributed by atoms with Gasteiger partial charge in [0.15, 0.2) is 0 Å². The SMILES string of the molecule is COC1C(=NO)CC[C@]2(CO2)C1[C@@]1(C)OC1CC=C(C)C. The minimum Gasteiger partial charge on any atom is -0.411 e. The van der Waals surface area contributed by atoms with Crippen molar-refractivity contribution in [1.82, 2.24) is 0 Å². The molecule has 1 N–H and O–H groups in total. The molecule has 2 saturated heterocycles. The van der Waals surface area contributed by atoms with Gasteiger partial charge >= 0.3 is 0 Å². The fourth-order valence-electron chi connectivity index (χ4n) is 3.90. The summed E-state index contributed by atoms with van der Waals surface area (Å²) in [7, 11) is 1.67. The molecular weight excluding hydrogens is 270 g/mol. The van der Waals surface area contributed by atoms with E-state index in [-0.39, 0.29) is 29.3 Å². The van der Waals surface area contributed by atoms with E-state index in [0.29, 0.717) is 5.71 Å². The van der Waals surface area contributed by atoms with E-state index in [1.165, 1.54) is 5.57 Å². The maximum Gasteiger partial charge on any atom is 0.107 e. The molecule has 0 aromatic rings. The Morgan fingerprint density at radius 3 is 2.76 bits per heavy atom. The summed E-state index contributed by atoms with van der Waals surface area (Å²) in [4.78, 5) is 0. The Kier molecular flexibility index (Phi) is 3.62. The normalized spacial score (nSPS) is 46.7. The third kappa shape index (κ3) is 2.41. The van der Waals surface area contributed by atoms with Crippen molar-refractivity contribution in [3.63, 3.8) is 0 Å². The van der Waals surface area contributed by atoms with E-state index >= 15 is 0 Å². The summed E-state index contributed by atoms with van der Waals surface area (Å²) in [6.07, 6.45) is 4.68. The Hall–Kier alpha value is -0.910. The van der Waals surface area contributed by atoms with Crippen LogP contribution in [0.1, 0.15) is 40.0 Å². The molecule has 0 bridgehead atoms. The number of oxime groups is 1. The first-order chi connectivity index (χ1) is 9.97. The first-order valence-electron chi connectivity index (χ1n) is 7.65. The van der Waals surface area contributed by atoms with E-state index < -0.39 is 0 Å².